The summed E-state index contributed by atoms with van der Waals surface area (Å²) in [6.07, 6.45) is 2.72. The average molecular weight is 406 g/mol. The summed E-state index contributed by atoms with van der Waals surface area (Å²) in [6.45, 7) is 1.81. The third-order valence-corrected chi connectivity index (χ3v) is 6.01. The molecule has 0 aromatic heterocycles. The van der Waals surface area contributed by atoms with Crippen LogP contribution in [-0.2, 0) is 4.79 Å². The number of likely N-dealkylation sites (tertiary alicyclic amines) is 1. The summed E-state index contributed by atoms with van der Waals surface area (Å²) in [5.41, 5.74) is 2.06. The number of benzene rings is 2. The normalized spacial score (nSPS) is 17.3. The maximum Gasteiger partial charge on any atom is 0.253 e. The number of anilines is 1. The monoisotopic (exact) mass is 406 g/mol. The minimum Gasteiger partial charge on any atom is -0.497 e. The summed E-state index contributed by atoms with van der Waals surface area (Å²) in [7, 11) is 1.60. The molecular weight excluding hydrogens is 380 g/mol. The number of amides is 2. The van der Waals surface area contributed by atoms with Gasteiger partial charge in [-0.25, -0.2) is 0 Å². The highest BCUT2D eigenvalue weighted by Crippen LogP contribution is 2.26. The van der Waals surface area contributed by atoms with Gasteiger partial charge in [0.2, 0.25) is 5.91 Å². The SMILES string of the molecule is COc1ccc(C(=O)C2CCN(C(=O)c3cccc(N4CCCC4=O)c3)CC2)cc1. The molecule has 2 fully saturated rings. The third-order valence-electron chi connectivity index (χ3n) is 6.01. The van der Waals surface area contributed by atoms with Crippen LogP contribution in [0, 0.1) is 5.92 Å². The molecule has 0 unspecified atom stereocenters. The number of ether oxygens (including phenoxy) is 1. The quantitative estimate of drug-likeness (QED) is 0.712. The highest BCUT2D eigenvalue weighted by molar-refractivity contribution is 6.00. The first-order chi connectivity index (χ1) is 14.6. The minimum absolute atomic E-state index is 0.0427. The van der Waals surface area contributed by atoms with Crippen molar-refractivity contribution in [2.75, 3.05) is 31.6 Å². The number of hydrogen-bond donors (Lipinski definition) is 0. The fraction of sp³-hybridized carbons (Fsp3) is 0.375. The van der Waals surface area contributed by atoms with E-state index in [-0.39, 0.29) is 23.5 Å². The fourth-order valence-electron chi connectivity index (χ4n) is 4.25. The molecule has 2 amide bonds. The second-order valence-corrected chi connectivity index (χ2v) is 7.86. The van der Waals surface area contributed by atoms with E-state index in [1.807, 2.05) is 17.0 Å². The Morgan fingerprint density at radius 1 is 0.967 bits per heavy atom. The number of methoxy groups -OCH3 is 1. The lowest BCUT2D eigenvalue weighted by Gasteiger charge is -2.31. The van der Waals surface area contributed by atoms with E-state index in [0.717, 1.165) is 17.9 Å². The number of nitrogens with zero attached hydrogens (tertiary/aromatic N) is 2. The maximum atomic E-state index is 13.0. The van der Waals surface area contributed by atoms with Gasteiger partial charge < -0.3 is 14.5 Å². The van der Waals surface area contributed by atoms with E-state index >= 15 is 0 Å². The van der Waals surface area contributed by atoms with Crippen LogP contribution in [0.2, 0.25) is 0 Å². The maximum absolute atomic E-state index is 13.0. The second kappa shape index (κ2) is 8.69. The van der Waals surface area contributed by atoms with E-state index < -0.39 is 0 Å². The predicted octanol–water partition coefficient (Wildman–Crippen LogP) is 3.56. The molecule has 0 radical (unpaired) electrons. The van der Waals surface area contributed by atoms with Crippen molar-refractivity contribution in [1.82, 2.24) is 4.90 Å². The Bertz CT molecular complexity index is 946. The van der Waals surface area contributed by atoms with Gasteiger partial charge >= 0.3 is 0 Å². The zero-order valence-electron chi connectivity index (χ0n) is 17.2. The smallest absolute Gasteiger partial charge is 0.253 e. The average Bonchev–Trinajstić information content (AvgIpc) is 3.24. The summed E-state index contributed by atoms with van der Waals surface area (Å²) >= 11 is 0. The van der Waals surface area contributed by atoms with Gasteiger partial charge in [-0.15, -0.1) is 0 Å². The Morgan fingerprint density at radius 3 is 2.33 bits per heavy atom. The van der Waals surface area contributed by atoms with Crippen LogP contribution in [-0.4, -0.2) is 49.2 Å². The molecule has 156 valence electrons. The summed E-state index contributed by atoms with van der Waals surface area (Å²) in [4.78, 5) is 41.3. The highest BCUT2D eigenvalue weighted by Gasteiger charge is 2.29. The van der Waals surface area contributed by atoms with Crippen molar-refractivity contribution in [3.05, 3.63) is 59.7 Å². The molecule has 2 aromatic carbocycles. The van der Waals surface area contributed by atoms with Crippen LogP contribution in [0.1, 0.15) is 46.4 Å². The van der Waals surface area contributed by atoms with Crippen molar-refractivity contribution < 1.29 is 19.1 Å². The van der Waals surface area contributed by atoms with Crippen molar-refractivity contribution in [3.63, 3.8) is 0 Å². The zero-order chi connectivity index (χ0) is 21.1. The molecule has 0 aliphatic carbocycles. The molecule has 2 aliphatic heterocycles. The van der Waals surface area contributed by atoms with Crippen molar-refractivity contribution in [2.45, 2.75) is 25.7 Å². The molecule has 6 heteroatoms. The number of hydrogen-bond acceptors (Lipinski definition) is 4. The highest BCUT2D eigenvalue weighted by atomic mass is 16.5. The Labute approximate surface area is 176 Å². The second-order valence-electron chi connectivity index (χ2n) is 7.86. The number of carbonyl (C=O) groups is 3. The van der Waals surface area contributed by atoms with Crippen LogP contribution in [0.15, 0.2) is 48.5 Å². The molecule has 0 spiro atoms. The van der Waals surface area contributed by atoms with Gasteiger partial charge in [0.1, 0.15) is 5.75 Å². The van der Waals surface area contributed by atoms with E-state index in [9.17, 15) is 14.4 Å². The Kier molecular flexibility index (Phi) is 5.84. The van der Waals surface area contributed by atoms with Crippen LogP contribution < -0.4 is 9.64 Å². The van der Waals surface area contributed by atoms with Gasteiger partial charge in [-0.3, -0.25) is 14.4 Å². The van der Waals surface area contributed by atoms with Gasteiger partial charge in [0.15, 0.2) is 5.78 Å². The lowest BCUT2D eigenvalue weighted by atomic mass is 9.88. The number of ketones is 1. The standard InChI is InChI=1S/C24H26N2O4/c1-30-21-9-7-17(8-10-21)23(28)18-11-14-25(15-12-18)24(29)19-4-2-5-20(16-19)26-13-3-6-22(26)27/h2,4-5,7-10,16,18H,3,6,11-15H2,1H3. The predicted molar refractivity (Wildman–Crippen MR) is 114 cm³/mol. The van der Waals surface area contributed by atoms with Crippen molar-refractivity contribution in [2.24, 2.45) is 5.92 Å². The minimum atomic E-state index is -0.0731. The molecule has 30 heavy (non-hydrogen) atoms. The number of piperidine rings is 1. The van der Waals surface area contributed by atoms with Gasteiger partial charge in [-0.2, -0.15) is 0 Å². The van der Waals surface area contributed by atoms with Crippen LogP contribution in [0.3, 0.4) is 0 Å². The Morgan fingerprint density at radius 2 is 1.70 bits per heavy atom. The lowest BCUT2D eigenvalue weighted by Crippen LogP contribution is -2.40. The number of rotatable bonds is 5. The summed E-state index contributed by atoms with van der Waals surface area (Å²) in [6, 6.07) is 14.5. The summed E-state index contributed by atoms with van der Waals surface area (Å²) in [5.74, 6) is 0.844. The number of carbonyl (C=O) groups excluding carboxylic acids is 3. The molecular formula is C24H26N2O4. The number of Topliss-reactive ketones (excluding diaryl/α,β-unsaturated/α-hetero) is 1. The Hall–Kier alpha value is -3.15. The van der Waals surface area contributed by atoms with Crippen molar-refractivity contribution >= 4 is 23.3 Å². The molecule has 0 saturated carbocycles. The molecule has 6 nitrogen and oxygen atoms in total. The molecule has 0 N–H and O–H groups in total. The summed E-state index contributed by atoms with van der Waals surface area (Å²) in [5, 5.41) is 0. The van der Waals surface area contributed by atoms with Crippen LogP contribution >= 0.6 is 0 Å². The first-order valence-electron chi connectivity index (χ1n) is 10.4. The van der Waals surface area contributed by atoms with E-state index in [0.29, 0.717) is 50.0 Å². The van der Waals surface area contributed by atoms with Gasteiger partial charge in [0.05, 0.1) is 7.11 Å². The Balaban J connectivity index is 1.38. The molecule has 2 heterocycles. The first kappa shape index (κ1) is 20.1. The van der Waals surface area contributed by atoms with E-state index in [2.05, 4.69) is 0 Å². The largest absolute Gasteiger partial charge is 0.497 e. The van der Waals surface area contributed by atoms with E-state index in [4.69, 9.17) is 4.74 Å². The van der Waals surface area contributed by atoms with E-state index in [1.54, 1.807) is 48.4 Å². The molecule has 2 saturated heterocycles. The molecule has 2 aliphatic rings. The van der Waals surface area contributed by atoms with Crippen molar-refractivity contribution in [3.8, 4) is 5.75 Å². The lowest BCUT2D eigenvalue weighted by molar-refractivity contribution is -0.117. The van der Waals surface area contributed by atoms with Gasteiger partial charge in [-0.05, 0) is 61.7 Å². The third kappa shape index (κ3) is 4.08. The van der Waals surface area contributed by atoms with E-state index in [1.165, 1.54) is 0 Å². The van der Waals surface area contributed by atoms with Crippen LogP contribution in [0.4, 0.5) is 5.69 Å². The fourth-order valence-corrected chi connectivity index (χ4v) is 4.25. The van der Waals surface area contributed by atoms with Gasteiger partial charge in [0.25, 0.3) is 5.91 Å². The van der Waals surface area contributed by atoms with Gasteiger partial charge in [-0.1, -0.05) is 6.07 Å². The van der Waals surface area contributed by atoms with Crippen molar-refractivity contribution in [1.29, 1.82) is 0 Å². The van der Waals surface area contributed by atoms with Gasteiger partial charge in [0, 0.05) is 48.8 Å². The molecule has 0 atom stereocenters. The molecule has 2 aromatic rings. The van der Waals surface area contributed by atoms with Crippen LogP contribution in [0.25, 0.3) is 0 Å². The summed E-state index contributed by atoms with van der Waals surface area (Å²) < 4.78 is 5.15. The molecule has 4 rings (SSSR count). The first-order valence-corrected chi connectivity index (χ1v) is 10.4. The topological polar surface area (TPSA) is 66.9 Å². The molecule has 0 bridgehead atoms. The zero-order valence-corrected chi connectivity index (χ0v) is 17.2. The van der Waals surface area contributed by atoms with Crippen LogP contribution in [0.5, 0.6) is 5.75 Å².